The average molecular weight is 514 g/mol. The molecule has 1 heterocycles. The highest BCUT2D eigenvalue weighted by molar-refractivity contribution is 7.90. The summed E-state index contributed by atoms with van der Waals surface area (Å²) in [6.07, 6.45) is 10.7. The summed E-state index contributed by atoms with van der Waals surface area (Å²) in [5.41, 5.74) is 2.63. The number of hydrogen-bond acceptors (Lipinski definition) is 5. The number of nitrogens with zero attached hydrogens (tertiary/aromatic N) is 2. The highest BCUT2D eigenvalue weighted by Crippen LogP contribution is 2.18. The number of benzene rings is 2. The van der Waals surface area contributed by atoms with Gasteiger partial charge in [0.15, 0.2) is 0 Å². The smallest absolute Gasteiger partial charge is 0.326 e. The maximum Gasteiger partial charge on any atom is 0.326 e. The Morgan fingerprint density at radius 3 is 2.56 bits per heavy atom. The van der Waals surface area contributed by atoms with E-state index in [1.165, 1.54) is 12.1 Å². The highest BCUT2D eigenvalue weighted by Gasteiger charge is 2.23. The molecule has 1 amide bonds. The predicted molar refractivity (Wildman–Crippen MR) is 135 cm³/mol. The minimum Gasteiger partial charge on any atom is -0.480 e. The van der Waals surface area contributed by atoms with E-state index in [0.717, 1.165) is 17.4 Å². The molecule has 0 unspecified atom stereocenters. The van der Waals surface area contributed by atoms with Gasteiger partial charge in [0.1, 0.15) is 21.7 Å². The van der Waals surface area contributed by atoms with Crippen molar-refractivity contribution in [2.45, 2.75) is 31.8 Å². The van der Waals surface area contributed by atoms with Crippen molar-refractivity contribution in [3.8, 4) is 0 Å². The Labute approximate surface area is 209 Å². The zero-order valence-corrected chi connectivity index (χ0v) is 20.6. The molecule has 0 aliphatic rings. The summed E-state index contributed by atoms with van der Waals surface area (Å²) in [5, 5.41) is 12.0. The second kappa shape index (κ2) is 12.3. The van der Waals surface area contributed by atoms with Crippen molar-refractivity contribution in [2.75, 3.05) is 12.0 Å². The summed E-state index contributed by atoms with van der Waals surface area (Å²) in [6.45, 7) is 0.584. The number of carboxylic acid groups (broad SMARTS) is 1. The lowest BCUT2D eigenvalue weighted by Gasteiger charge is -2.16. The van der Waals surface area contributed by atoms with E-state index in [9.17, 15) is 27.5 Å². The van der Waals surface area contributed by atoms with Crippen LogP contribution in [0.25, 0.3) is 6.08 Å². The topological polar surface area (TPSA) is 118 Å². The molecule has 3 aromatic rings. The van der Waals surface area contributed by atoms with E-state index in [2.05, 4.69) is 10.3 Å². The molecule has 0 spiro atoms. The largest absolute Gasteiger partial charge is 0.480 e. The van der Waals surface area contributed by atoms with Crippen molar-refractivity contribution in [2.24, 2.45) is 0 Å². The summed E-state index contributed by atoms with van der Waals surface area (Å²) in [7, 11) is -3.40. The number of amides is 1. The standard InChI is InChI=1S/C26H28FN3O5S/c1-36(34,35)16-12-24(26(32)33)29-25(31)23-17-20(3-2-14-30-15-13-28-18-30)5-9-21(23)8-4-19-6-10-22(27)11-7-19/h2-3,5-7,9-11,13,15,17-18,24H,4,8,12,14,16H2,1H3,(H,29,31)(H,32,33)/t24-/m0/s1. The van der Waals surface area contributed by atoms with Gasteiger partial charge < -0.3 is 15.0 Å². The summed E-state index contributed by atoms with van der Waals surface area (Å²) in [4.78, 5) is 28.8. The molecule has 190 valence electrons. The monoisotopic (exact) mass is 513 g/mol. The number of halogens is 1. The van der Waals surface area contributed by atoms with Gasteiger partial charge in [-0.15, -0.1) is 0 Å². The van der Waals surface area contributed by atoms with Gasteiger partial charge in [0.25, 0.3) is 5.91 Å². The van der Waals surface area contributed by atoms with Crippen molar-refractivity contribution < 1.29 is 27.5 Å². The highest BCUT2D eigenvalue weighted by atomic mass is 32.2. The fraction of sp³-hybridized carbons (Fsp3) is 0.269. The Morgan fingerprint density at radius 1 is 1.17 bits per heavy atom. The van der Waals surface area contributed by atoms with Crippen LogP contribution in [0.1, 0.15) is 33.5 Å². The maximum atomic E-state index is 13.2. The molecule has 10 heteroatoms. The first-order valence-electron chi connectivity index (χ1n) is 11.3. The number of carbonyl (C=O) groups is 2. The molecule has 0 aliphatic heterocycles. The summed E-state index contributed by atoms with van der Waals surface area (Å²) in [5.74, 6) is -2.61. The second-order valence-electron chi connectivity index (χ2n) is 8.49. The zero-order chi connectivity index (χ0) is 26.1. The minimum absolute atomic E-state index is 0.241. The number of carboxylic acids is 1. The van der Waals surface area contributed by atoms with Crippen LogP contribution in [0.15, 0.2) is 67.3 Å². The molecular formula is C26H28FN3O5S. The molecule has 0 saturated heterocycles. The number of aryl methyl sites for hydroxylation is 2. The summed E-state index contributed by atoms with van der Waals surface area (Å²) >= 11 is 0. The molecule has 0 bridgehead atoms. The summed E-state index contributed by atoms with van der Waals surface area (Å²) < 4.78 is 38.1. The van der Waals surface area contributed by atoms with Crippen molar-refractivity contribution in [3.05, 3.63) is 95.3 Å². The molecule has 0 saturated carbocycles. The molecule has 1 atom stereocenters. The number of hydrogen-bond donors (Lipinski definition) is 2. The van der Waals surface area contributed by atoms with Crippen LogP contribution < -0.4 is 5.32 Å². The summed E-state index contributed by atoms with van der Waals surface area (Å²) in [6, 6.07) is 10.1. The zero-order valence-electron chi connectivity index (χ0n) is 19.8. The van der Waals surface area contributed by atoms with Crippen LogP contribution in [-0.2, 0) is 34.0 Å². The quantitative estimate of drug-likeness (QED) is 0.384. The molecule has 0 fully saturated rings. The van der Waals surface area contributed by atoms with Crippen LogP contribution >= 0.6 is 0 Å². The number of aromatic nitrogens is 2. The Hall–Kier alpha value is -3.79. The lowest BCUT2D eigenvalue weighted by Crippen LogP contribution is -2.42. The third-order valence-electron chi connectivity index (χ3n) is 5.54. The van der Waals surface area contributed by atoms with Gasteiger partial charge in [-0.1, -0.05) is 36.4 Å². The van der Waals surface area contributed by atoms with Gasteiger partial charge in [-0.3, -0.25) is 4.79 Å². The van der Waals surface area contributed by atoms with Crippen LogP contribution in [0.5, 0.6) is 0 Å². The number of sulfone groups is 1. The lowest BCUT2D eigenvalue weighted by molar-refractivity contribution is -0.139. The van der Waals surface area contributed by atoms with Gasteiger partial charge in [0.2, 0.25) is 0 Å². The Balaban J connectivity index is 1.82. The molecule has 2 N–H and O–H groups in total. The van der Waals surface area contributed by atoms with Gasteiger partial charge in [0, 0.05) is 30.8 Å². The first-order chi connectivity index (χ1) is 17.1. The average Bonchev–Trinajstić information content (AvgIpc) is 3.34. The fourth-order valence-electron chi connectivity index (χ4n) is 3.59. The molecule has 36 heavy (non-hydrogen) atoms. The third-order valence-corrected chi connectivity index (χ3v) is 6.52. The minimum atomic E-state index is -3.40. The van der Waals surface area contributed by atoms with Gasteiger partial charge in [-0.25, -0.2) is 22.6 Å². The van der Waals surface area contributed by atoms with Gasteiger partial charge in [0.05, 0.1) is 12.1 Å². The number of allylic oxidation sites excluding steroid dienone is 1. The van der Waals surface area contributed by atoms with E-state index in [4.69, 9.17) is 0 Å². The number of carbonyl (C=O) groups excluding carboxylic acids is 1. The number of aliphatic carboxylic acids is 1. The molecule has 2 aromatic carbocycles. The Bertz CT molecular complexity index is 1320. The van der Waals surface area contributed by atoms with Crippen molar-refractivity contribution in [3.63, 3.8) is 0 Å². The van der Waals surface area contributed by atoms with Gasteiger partial charge in [-0.05, 0) is 54.2 Å². The van der Waals surface area contributed by atoms with Crippen LogP contribution in [0, 0.1) is 5.82 Å². The first-order valence-corrected chi connectivity index (χ1v) is 13.4. The predicted octanol–water partition coefficient (Wildman–Crippen LogP) is 3.14. The van der Waals surface area contributed by atoms with Gasteiger partial charge >= 0.3 is 5.97 Å². The van der Waals surface area contributed by atoms with E-state index < -0.39 is 27.8 Å². The van der Waals surface area contributed by atoms with E-state index in [1.807, 2.05) is 35.0 Å². The van der Waals surface area contributed by atoms with Crippen LogP contribution in [-0.4, -0.2) is 53.0 Å². The van der Waals surface area contributed by atoms with Crippen LogP contribution in [0.4, 0.5) is 4.39 Å². The second-order valence-corrected chi connectivity index (χ2v) is 10.7. The third kappa shape index (κ3) is 8.46. The van der Waals surface area contributed by atoms with Crippen molar-refractivity contribution >= 4 is 27.8 Å². The Kier molecular flexibility index (Phi) is 9.13. The molecular weight excluding hydrogens is 485 g/mol. The molecule has 0 aliphatic carbocycles. The van der Waals surface area contributed by atoms with Crippen LogP contribution in [0.3, 0.4) is 0 Å². The molecule has 0 radical (unpaired) electrons. The van der Waals surface area contributed by atoms with Crippen molar-refractivity contribution in [1.29, 1.82) is 0 Å². The van der Waals surface area contributed by atoms with E-state index >= 15 is 0 Å². The van der Waals surface area contributed by atoms with E-state index in [0.29, 0.717) is 30.5 Å². The van der Waals surface area contributed by atoms with E-state index in [-0.39, 0.29) is 18.0 Å². The number of nitrogens with one attached hydrogen (secondary N) is 1. The SMILES string of the molecule is CS(=O)(=O)CC[C@H](NC(=O)c1cc(C=CCn2ccnc2)ccc1CCc1ccc(F)cc1)C(=O)O. The Morgan fingerprint density at radius 2 is 1.92 bits per heavy atom. The molecule has 8 nitrogen and oxygen atoms in total. The fourth-order valence-corrected chi connectivity index (χ4v) is 4.25. The molecule has 3 rings (SSSR count). The van der Waals surface area contributed by atoms with Gasteiger partial charge in [-0.2, -0.15) is 0 Å². The first kappa shape index (κ1) is 26.8. The van der Waals surface area contributed by atoms with Crippen molar-refractivity contribution in [1.82, 2.24) is 14.9 Å². The lowest BCUT2D eigenvalue weighted by atomic mass is 9.96. The normalized spacial score (nSPS) is 12.5. The maximum absolute atomic E-state index is 13.2. The van der Waals surface area contributed by atoms with Crippen LogP contribution in [0.2, 0.25) is 0 Å². The molecule has 1 aromatic heterocycles. The number of imidazole rings is 1. The van der Waals surface area contributed by atoms with E-state index in [1.54, 1.807) is 30.7 Å². The number of rotatable bonds is 12.